The van der Waals surface area contributed by atoms with Gasteiger partial charge in [0.1, 0.15) is 5.78 Å². The summed E-state index contributed by atoms with van der Waals surface area (Å²) >= 11 is 0. The molecule has 0 aromatic carbocycles. The molecule has 19 heavy (non-hydrogen) atoms. The number of piperidine rings is 1. The molecule has 104 valence electrons. The first-order chi connectivity index (χ1) is 9.17. The van der Waals surface area contributed by atoms with Crippen LogP contribution in [0.15, 0.2) is 12.4 Å². The van der Waals surface area contributed by atoms with Crippen LogP contribution in [-0.4, -0.2) is 39.6 Å². The normalized spacial score (nSPS) is 30.7. The highest BCUT2D eigenvalue weighted by molar-refractivity contribution is 5.83. The summed E-state index contributed by atoms with van der Waals surface area (Å²) in [6.07, 6.45) is 9.08. The van der Waals surface area contributed by atoms with E-state index in [9.17, 15) is 4.79 Å². The third-order valence-corrected chi connectivity index (χ3v) is 4.94. The van der Waals surface area contributed by atoms with Gasteiger partial charge in [0.25, 0.3) is 0 Å². The maximum atomic E-state index is 12.4. The summed E-state index contributed by atoms with van der Waals surface area (Å²) in [5.74, 6) is 0.694. The Labute approximate surface area is 114 Å². The highest BCUT2D eigenvalue weighted by atomic mass is 16.1. The predicted molar refractivity (Wildman–Crippen MR) is 73.9 cm³/mol. The molecule has 2 aliphatic rings. The lowest BCUT2D eigenvalue weighted by Gasteiger charge is -2.35. The summed E-state index contributed by atoms with van der Waals surface area (Å²) in [5, 5.41) is 4.24. The van der Waals surface area contributed by atoms with E-state index in [1.807, 2.05) is 17.1 Å². The van der Waals surface area contributed by atoms with Gasteiger partial charge in [0, 0.05) is 37.2 Å². The molecule has 0 N–H and O–H groups in total. The molecule has 0 spiro atoms. The molecule has 2 saturated heterocycles. The molecule has 3 heterocycles. The number of hydrogen-bond donors (Lipinski definition) is 0. The van der Waals surface area contributed by atoms with Crippen LogP contribution in [0.4, 0.5) is 0 Å². The van der Waals surface area contributed by atoms with Crippen molar-refractivity contribution in [3.05, 3.63) is 18.0 Å². The number of nitrogens with zero attached hydrogens (tertiary/aromatic N) is 3. The molecular formula is C15H23N3O. The number of rotatable bonds is 4. The highest BCUT2D eigenvalue weighted by Gasteiger charge is 2.40. The Morgan fingerprint density at radius 1 is 1.37 bits per heavy atom. The van der Waals surface area contributed by atoms with Crippen molar-refractivity contribution in [1.82, 2.24) is 14.7 Å². The molecule has 2 fully saturated rings. The van der Waals surface area contributed by atoms with Crippen LogP contribution in [0.2, 0.25) is 0 Å². The van der Waals surface area contributed by atoms with Crippen molar-refractivity contribution < 1.29 is 4.79 Å². The third-order valence-electron chi connectivity index (χ3n) is 4.94. The monoisotopic (exact) mass is 261 g/mol. The van der Waals surface area contributed by atoms with E-state index < -0.39 is 0 Å². The lowest BCUT2D eigenvalue weighted by atomic mass is 9.86. The summed E-state index contributed by atoms with van der Waals surface area (Å²) in [7, 11) is 2.22. The van der Waals surface area contributed by atoms with E-state index in [0.29, 0.717) is 24.3 Å². The van der Waals surface area contributed by atoms with Gasteiger partial charge in [0.15, 0.2) is 0 Å². The fourth-order valence-corrected chi connectivity index (χ4v) is 3.69. The van der Waals surface area contributed by atoms with Crippen molar-refractivity contribution in [3.8, 4) is 0 Å². The molecule has 0 amide bonds. The number of carbonyl (C=O) groups is 1. The number of hydrogen-bond acceptors (Lipinski definition) is 3. The van der Waals surface area contributed by atoms with Gasteiger partial charge in [-0.1, -0.05) is 0 Å². The second-order valence-corrected chi connectivity index (χ2v) is 6.07. The van der Waals surface area contributed by atoms with Crippen molar-refractivity contribution in [3.63, 3.8) is 0 Å². The molecule has 2 atom stereocenters. The molecule has 1 aromatic heterocycles. The van der Waals surface area contributed by atoms with E-state index in [1.165, 1.54) is 12.8 Å². The molecule has 3 rings (SSSR count). The number of fused-ring (bicyclic) bond motifs is 2. The molecule has 0 radical (unpaired) electrons. The smallest absolute Gasteiger partial charge is 0.140 e. The highest BCUT2D eigenvalue weighted by Crippen LogP contribution is 2.38. The van der Waals surface area contributed by atoms with Gasteiger partial charge in [-0.3, -0.25) is 9.48 Å². The van der Waals surface area contributed by atoms with Gasteiger partial charge >= 0.3 is 0 Å². The maximum absolute atomic E-state index is 12.4. The van der Waals surface area contributed by atoms with E-state index in [-0.39, 0.29) is 5.92 Å². The van der Waals surface area contributed by atoms with Crippen LogP contribution in [0.25, 0.3) is 0 Å². The molecule has 4 heteroatoms. The molecule has 2 aliphatic heterocycles. The number of Topliss-reactive ketones (excluding diaryl/α,β-unsaturated/α-hetero) is 1. The zero-order chi connectivity index (χ0) is 13.4. The number of ketones is 1. The molecule has 1 aromatic rings. The lowest BCUT2D eigenvalue weighted by molar-refractivity contribution is -0.124. The summed E-state index contributed by atoms with van der Waals surface area (Å²) < 4.78 is 1.89. The predicted octanol–water partition coefficient (Wildman–Crippen LogP) is 1.89. The zero-order valence-electron chi connectivity index (χ0n) is 11.9. The Morgan fingerprint density at radius 3 is 2.63 bits per heavy atom. The molecule has 0 saturated carbocycles. The topological polar surface area (TPSA) is 38.1 Å². The average molecular weight is 261 g/mol. The number of aromatic nitrogens is 2. The quantitative estimate of drug-likeness (QED) is 0.830. The number of aryl methyl sites for hydroxylation is 1. The average Bonchev–Trinajstić information content (AvgIpc) is 2.91. The van der Waals surface area contributed by atoms with Crippen LogP contribution in [0.5, 0.6) is 0 Å². The van der Waals surface area contributed by atoms with Crippen LogP contribution < -0.4 is 0 Å². The minimum atomic E-state index is 0.277. The van der Waals surface area contributed by atoms with E-state index in [1.54, 1.807) is 0 Å². The van der Waals surface area contributed by atoms with Gasteiger partial charge in [-0.25, -0.2) is 0 Å². The molecule has 0 aliphatic carbocycles. The van der Waals surface area contributed by atoms with Crippen molar-refractivity contribution >= 4 is 5.78 Å². The number of carbonyl (C=O) groups excluding carboxylic acids is 1. The first-order valence-electron chi connectivity index (χ1n) is 7.43. The minimum absolute atomic E-state index is 0.277. The first kappa shape index (κ1) is 12.9. The minimum Gasteiger partial charge on any atom is -0.300 e. The maximum Gasteiger partial charge on any atom is 0.140 e. The fraction of sp³-hybridized carbons (Fsp3) is 0.733. The zero-order valence-corrected chi connectivity index (χ0v) is 11.9. The van der Waals surface area contributed by atoms with Crippen LogP contribution in [0.1, 0.15) is 38.2 Å². The second-order valence-electron chi connectivity index (χ2n) is 6.07. The van der Waals surface area contributed by atoms with Gasteiger partial charge < -0.3 is 4.90 Å². The van der Waals surface area contributed by atoms with Gasteiger partial charge in [-0.2, -0.15) is 5.10 Å². The van der Waals surface area contributed by atoms with Crippen LogP contribution >= 0.6 is 0 Å². The molecule has 2 unspecified atom stereocenters. The molecule has 2 bridgehead atoms. The van der Waals surface area contributed by atoms with Gasteiger partial charge in [0.05, 0.1) is 6.20 Å². The summed E-state index contributed by atoms with van der Waals surface area (Å²) in [5.41, 5.74) is 1.07. The first-order valence-corrected chi connectivity index (χ1v) is 7.43. The lowest BCUT2D eigenvalue weighted by Crippen LogP contribution is -2.42. The Morgan fingerprint density at radius 2 is 2.05 bits per heavy atom. The van der Waals surface area contributed by atoms with E-state index in [2.05, 4.69) is 24.0 Å². The SMILES string of the molecule is CCn1cc(CC(=O)C2CC3CCC(C2)N3C)cn1. The van der Waals surface area contributed by atoms with Crippen LogP contribution in [0, 0.1) is 5.92 Å². The second kappa shape index (κ2) is 5.08. The Hall–Kier alpha value is -1.16. The summed E-state index contributed by atoms with van der Waals surface area (Å²) in [6.45, 7) is 2.93. The standard InChI is InChI=1S/C15H23N3O/c1-3-18-10-11(9-16-18)6-15(19)12-7-13-4-5-14(8-12)17(13)2/h9-10,12-14H,3-8H2,1-2H3. The fourth-order valence-electron chi connectivity index (χ4n) is 3.69. The molecule has 4 nitrogen and oxygen atoms in total. The van der Waals surface area contributed by atoms with Crippen molar-refractivity contribution in [2.45, 2.75) is 57.7 Å². The van der Waals surface area contributed by atoms with Crippen molar-refractivity contribution in [2.75, 3.05) is 7.05 Å². The Balaban J connectivity index is 1.62. The summed E-state index contributed by atoms with van der Waals surface area (Å²) in [6, 6.07) is 1.29. The Kier molecular flexibility index (Phi) is 3.44. The summed E-state index contributed by atoms with van der Waals surface area (Å²) in [4.78, 5) is 14.9. The third kappa shape index (κ3) is 2.46. The van der Waals surface area contributed by atoms with E-state index >= 15 is 0 Å². The van der Waals surface area contributed by atoms with Gasteiger partial charge in [-0.05, 0) is 45.2 Å². The van der Waals surface area contributed by atoms with E-state index in [0.717, 1.165) is 24.9 Å². The van der Waals surface area contributed by atoms with E-state index in [4.69, 9.17) is 0 Å². The largest absolute Gasteiger partial charge is 0.300 e. The molecular weight excluding hydrogens is 238 g/mol. The Bertz CT molecular complexity index is 454. The van der Waals surface area contributed by atoms with Crippen LogP contribution in [0.3, 0.4) is 0 Å². The van der Waals surface area contributed by atoms with Crippen LogP contribution in [-0.2, 0) is 17.8 Å². The van der Waals surface area contributed by atoms with Gasteiger partial charge in [-0.15, -0.1) is 0 Å². The van der Waals surface area contributed by atoms with Gasteiger partial charge in [0.2, 0.25) is 0 Å². The van der Waals surface area contributed by atoms with Crippen molar-refractivity contribution in [1.29, 1.82) is 0 Å². The van der Waals surface area contributed by atoms with Crippen molar-refractivity contribution in [2.24, 2.45) is 5.92 Å².